The summed E-state index contributed by atoms with van der Waals surface area (Å²) in [5.41, 5.74) is 1.09. The molecule has 0 saturated heterocycles. The number of esters is 2. The Morgan fingerprint density at radius 2 is 1.52 bits per heavy atom. The van der Waals surface area contributed by atoms with Gasteiger partial charge in [0.15, 0.2) is 0 Å². The molecule has 0 saturated carbocycles. The molecule has 0 bridgehead atoms. The Labute approximate surface area is 189 Å². The van der Waals surface area contributed by atoms with Gasteiger partial charge in [-0.25, -0.2) is 9.59 Å². The van der Waals surface area contributed by atoms with Crippen molar-refractivity contribution in [1.29, 1.82) is 0 Å². The molecule has 0 aliphatic heterocycles. The van der Waals surface area contributed by atoms with Crippen LogP contribution in [0.1, 0.15) is 37.9 Å². The first kappa shape index (κ1) is 23.1. The average molecular weight is 448 g/mol. The number of rotatable bonds is 7. The number of carbonyl (C=O) groups excluding carboxylic acids is 3. The van der Waals surface area contributed by atoms with E-state index in [4.69, 9.17) is 4.74 Å². The maximum Gasteiger partial charge on any atom is 0.339 e. The third kappa shape index (κ3) is 5.59. The molecule has 33 heavy (non-hydrogen) atoms. The van der Waals surface area contributed by atoms with Gasteiger partial charge in [0.1, 0.15) is 5.69 Å². The molecule has 168 valence electrons. The van der Waals surface area contributed by atoms with E-state index < -0.39 is 28.9 Å². The SMILES string of the molecule is COC(=O)c1ccc(C(=O)OC(C(=O)Nc2ccc(C)cc2[N+](=O)[O-])c2ccccc2)cc1. The number of aryl methyl sites for hydroxylation is 1. The van der Waals surface area contributed by atoms with Crippen molar-refractivity contribution in [2.24, 2.45) is 0 Å². The van der Waals surface area contributed by atoms with Gasteiger partial charge in [0.25, 0.3) is 11.6 Å². The van der Waals surface area contributed by atoms with E-state index in [0.29, 0.717) is 11.1 Å². The van der Waals surface area contributed by atoms with E-state index in [9.17, 15) is 24.5 Å². The Hall–Kier alpha value is -4.53. The van der Waals surface area contributed by atoms with Crippen LogP contribution >= 0.6 is 0 Å². The van der Waals surface area contributed by atoms with Gasteiger partial charge in [0.2, 0.25) is 6.10 Å². The molecule has 0 aromatic heterocycles. The van der Waals surface area contributed by atoms with Gasteiger partial charge >= 0.3 is 11.9 Å². The van der Waals surface area contributed by atoms with Crippen LogP contribution in [0.4, 0.5) is 11.4 Å². The summed E-state index contributed by atoms with van der Waals surface area (Å²) in [6.45, 7) is 1.69. The Balaban J connectivity index is 1.87. The first-order valence-corrected chi connectivity index (χ1v) is 9.80. The molecule has 0 fully saturated rings. The molecule has 0 radical (unpaired) electrons. The van der Waals surface area contributed by atoms with E-state index in [0.717, 1.165) is 0 Å². The van der Waals surface area contributed by atoms with Crippen LogP contribution in [0.3, 0.4) is 0 Å². The largest absolute Gasteiger partial charge is 0.465 e. The van der Waals surface area contributed by atoms with Crippen LogP contribution in [0.5, 0.6) is 0 Å². The first-order valence-electron chi connectivity index (χ1n) is 9.80. The van der Waals surface area contributed by atoms with Crippen LogP contribution < -0.4 is 5.32 Å². The van der Waals surface area contributed by atoms with Crippen LogP contribution in [0.2, 0.25) is 0 Å². The second-order valence-corrected chi connectivity index (χ2v) is 7.03. The standard InChI is InChI=1S/C24H20N2O7/c1-15-8-13-19(20(14-15)26(30)31)25-22(27)21(16-6-4-3-5-7-16)33-24(29)18-11-9-17(10-12-18)23(28)32-2/h3-14,21H,1-2H3,(H,25,27). The smallest absolute Gasteiger partial charge is 0.339 e. The Morgan fingerprint density at radius 3 is 2.09 bits per heavy atom. The summed E-state index contributed by atoms with van der Waals surface area (Å²) in [5.74, 6) is -2.13. The molecule has 3 aromatic carbocycles. The minimum absolute atomic E-state index is 0.0185. The molecule has 0 aliphatic rings. The second kappa shape index (κ2) is 10.2. The number of hydrogen-bond acceptors (Lipinski definition) is 7. The van der Waals surface area contributed by atoms with Crippen molar-refractivity contribution in [1.82, 2.24) is 0 Å². The number of amides is 1. The molecule has 1 unspecified atom stereocenters. The summed E-state index contributed by atoms with van der Waals surface area (Å²) in [4.78, 5) is 48.1. The van der Waals surface area contributed by atoms with Crippen LogP contribution in [-0.4, -0.2) is 29.9 Å². The highest BCUT2D eigenvalue weighted by Crippen LogP contribution is 2.28. The quantitative estimate of drug-likeness (QED) is 0.326. The van der Waals surface area contributed by atoms with Crippen molar-refractivity contribution in [2.45, 2.75) is 13.0 Å². The molecule has 0 spiro atoms. The number of anilines is 1. The Kier molecular flexibility index (Phi) is 7.14. The monoisotopic (exact) mass is 448 g/mol. The summed E-state index contributed by atoms with van der Waals surface area (Å²) in [7, 11) is 1.24. The summed E-state index contributed by atoms with van der Waals surface area (Å²) in [6, 6.07) is 18.2. The number of hydrogen-bond donors (Lipinski definition) is 1. The van der Waals surface area contributed by atoms with Crippen LogP contribution in [-0.2, 0) is 14.3 Å². The van der Waals surface area contributed by atoms with E-state index in [-0.39, 0.29) is 22.5 Å². The maximum atomic E-state index is 13.0. The summed E-state index contributed by atoms with van der Waals surface area (Å²) in [5, 5.41) is 13.9. The van der Waals surface area contributed by atoms with Crippen LogP contribution in [0.15, 0.2) is 72.8 Å². The van der Waals surface area contributed by atoms with Gasteiger partial charge in [-0.3, -0.25) is 14.9 Å². The zero-order valence-corrected chi connectivity index (χ0v) is 17.8. The fraction of sp³-hybridized carbons (Fsp3) is 0.125. The lowest BCUT2D eigenvalue weighted by Crippen LogP contribution is -2.26. The van der Waals surface area contributed by atoms with Gasteiger partial charge in [-0.2, -0.15) is 0 Å². The number of nitro benzene ring substituents is 1. The lowest BCUT2D eigenvalue weighted by Gasteiger charge is -2.18. The van der Waals surface area contributed by atoms with Crippen molar-refractivity contribution in [3.8, 4) is 0 Å². The van der Waals surface area contributed by atoms with Crippen LogP contribution in [0, 0.1) is 17.0 Å². The molecular formula is C24H20N2O7. The van der Waals surface area contributed by atoms with Gasteiger partial charge in [0.05, 0.1) is 23.2 Å². The normalized spacial score (nSPS) is 11.2. The molecule has 1 amide bonds. The molecule has 0 heterocycles. The number of carbonyl (C=O) groups is 3. The lowest BCUT2D eigenvalue weighted by atomic mass is 10.1. The number of ether oxygens (including phenoxy) is 2. The fourth-order valence-electron chi connectivity index (χ4n) is 3.03. The van der Waals surface area contributed by atoms with Crippen molar-refractivity contribution in [2.75, 3.05) is 12.4 Å². The predicted molar refractivity (Wildman–Crippen MR) is 119 cm³/mol. The number of benzene rings is 3. The molecule has 0 aliphatic carbocycles. The molecule has 1 atom stereocenters. The average Bonchev–Trinajstić information content (AvgIpc) is 2.83. The summed E-state index contributed by atoms with van der Waals surface area (Å²) < 4.78 is 10.1. The summed E-state index contributed by atoms with van der Waals surface area (Å²) >= 11 is 0. The molecule has 3 aromatic rings. The Bertz CT molecular complexity index is 1190. The van der Waals surface area contributed by atoms with Crippen LogP contribution in [0.25, 0.3) is 0 Å². The molecular weight excluding hydrogens is 428 g/mol. The minimum atomic E-state index is -1.38. The number of nitrogens with zero attached hydrogens (tertiary/aromatic N) is 1. The van der Waals surface area contributed by atoms with E-state index in [1.54, 1.807) is 43.3 Å². The third-order valence-corrected chi connectivity index (χ3v) is 4.71. The van der Waals surface area contributed by atoms with Crippen molar-refractivity contribution >= 4 is 29.2 Å². The Morgan fingerprint density at radius 1 is 0.909 bits per heavy atom. The topological polar surface area (TPSA) is 125 Å². The molecule has 3 rings (SSSR count). The van der Waals surface area contributed by atoms with E-state index in [2.05, 4.69) is 10.1 Å². The summed E-state index contributed by atoms with van der Waals surface area (Å²) in [6.07, 6.45) is -1.38. The number of nitrogens with one attached hydrogen (secondary N) is 1. The van der Waals surface area contributed by atoms with Crippen molar-refractivity contribution in [3.63, 3.8) is 0 Å². The van der Waals surface area contributed by atoms with Crippen molar-refractivity contribution < 1.29 is 28.8 Å². The number of methoxy groups -OCH3 is 1. The van der Waals surface area contributed by atoms with Gasteiger partial charge in [-0.05, 0) is 42.8 Å². The first-order chi connectivity index (χ1) is 15.8. The lowest BCUT2D eigenvalue weighted by molar-refractivity contribution is -0.384. The predicted octanol–water partition coefficient (Wildman–Crippen LogP) is 4.23. The highest BCUT2D eigenvalue weighted by molar-refractivity contribution is 5.99. The molecule has 9 nitrogen and oxygen atoms in total. The van der Waals surface area contributed by atoms with E-state index in [1.165, 1.54) is 43.5 Å². The van der Waals surface area contributed by atoms with E-state index in [1.807, 2.05) is 0 Å². The molecule has 9 heteroatoms. The highest BCUT2D eigenvalue weighted by atomic mass is 16.6. The van der Waals surface area contributed by atoms with Gasteiger partial charge in [-0.1, -0.05) is 36.4 Å². The molecule has 1 N–H and O–H groups in total. The zero-order valence-electron chi connectivity index (χ0n) is 17.8. The van der Waals surface area contributed by atoms with Crippen molar-refractivity contribution in [3.05, 3.63) is 105 Å². The fourth-order valence-corrected chi connectivity index (χ4v) is 3.03. The third-order valence-electron chi connectivity index (χ3n) is 4.71. The van der Waals surface area contributed by atoms with Gasteiger partial charge < -0.3 is 14.8 Å². The van der Waals surface area contributed by atoms with Gasteiger partial charge in [0, 0.05) is 11.6 Å². The maximum absolute atomic E-state index is 13.0. The van der Waals surface area contributed by atoms with Gasteiger partial charge in [-0.15, -0.1) is 0 Å². The second-order valence-electron chi connectivity index (χ2n) is 7.03. The zero-order chi connectivity index (χ0) is 24.0. The minimum Gasteiger partial charge on any atom is -0.465 e. The van der Waals surface area contributed by atoms with E-state index >= 15 is 0 Å². The number of nitro groups is 1. The highest BCUT2D eigenvalue weighted by Gasteiger charge is 2.28.